The van der Waals surface area contributed by atoms with Crippen molar-refractivity contribution in [2.24, 2.45) is 11.7 Å². The molecule has 0 aromatic heterocycles. The van der Waals surface area contributed by atoms with Crippen LogP contribution in [0.25, 0.3) is 0 Å². The zero-order chi connectivity index (χ0) is 13.0. The quantitative estimate of drug-likeness (QED) is 0.857. The molecule has 0 bridgehead atoms. The first-order valence-electron chi connectivity index (χ1n) is 6.82. The molecular weight excluding hydrogens is 224 g/mol. The highest BCUT2D eigenvalue weighted by Crippen LogP contribution is 2.27. The molecule has 1 aromatic carbocycles. The lowest BCUT2D eigenvalue weighted by molar-refractivity contribution is -0.135. The van der Waals surface area contributed by atoms with Gasteiger partial charge in [0.2, 0.25) is 5.91 Å². The molecule has 0 heterocycles. The highest BCUT2D eigenvalue weighted by atomic mass is 16.2. The third kappa shape index (κ3) is 2.72. The van der Waals surface area contributed by atoms with Crippen molar-refractivity contribution in [3.63, 3.8) is 0 Å². The van der Waals surface area contributed by atoms with Gasteiger partial charge in [0.25, 0.3) is 0 Å². The summed E-state index contributed by atoms with van der Waals surface area (Å²) in [6.07, 6.45) is 2.77. The van der Waals surface area contributed by atoms with Gasteiger partial charge in [-0.05, 0) is 30.4 Å². The van der Waals surface area contributed by atoms with E-state index in [1.54, 1.807) is 0 Å². The lowest BCUT2D eigenvalue weighted by Gasteiger charge is -2.24. The van der Waals surface area contributed by atoms with E-state index in [4.69, 9.17) is 5.73 Å². The van der Waals surface area contributed by atoms with E-state index >= 15 is 0 Å². The molecule has 1 aliphatic carbocycles. The van der Waals surface area contributed by atoms with E-state index in [2.05, 4.69) is 31.2 Å². The maximum Gasteiger partial charge on any atom is 0.226 e. The van der Waals surface area contributed by atoms with Gasteiger partial charge in [-0.1, -0.05) is 31.2 Å². The Hall–Kier alpha value is -1.35. The van der Waals surface area contributed by atoms with Gasteiger partial charge in [-0.2, -0.15) is 0 Å². The maximum absolute atomic E-state index is 12.5. The number of rotatable bonds is 5. The molecule has 0 fully saturated rings. The Balaban J connectivity index is 2.03. The molecule has 1 aromatic rings. The second-order valence-corrected chi connectivity index (χ2v) is 4.99. The fraction of sp³-hybridized carbons (Fsp3) is 0.533. The first-order valence-corrected chi connectivity index (χ1v) is 6.82. The topological polar surface area (TPSA) is 46.3 Å². The van der Waals surface area contributed by atoms with Gasteiger partial charge in [0.05, 0.1) is 0 Å². The van der Waals surface area contributed by atoms with Crippen molar-refractivity contribution >= 4 is 5.91 Å². The van der Waals surface area contributed by atoms with Crippen LogP contribution in [0, 0.1) is 5.92 Å². The molecule has 2 rings (SSSR count). The van der Waals surface area contributed by atoms with Gasteiger partial charge in [-0.15, -0.1) is 0 Å². The third-order valence-corrected chi connectivity index (χ3v) is 3.60. The number of hydrogen-bond donors (Lipinski definition) is 1. The zero-order valence-corrected chi connectivity index (χ0v) is 11.1. The largest absolute Gasteiger partial charge is 0.341 e. The van der Waals surface area contributed by atoms with Crippen LogP contribution in [0.3, 0.4) is 0 Å². The van der Waals surface area contributed by atoms with Crippen molar-refractivity contribution in [3.8, 4) is 0 Å². The molecule has 0 unspecified atom stereocenters. The zero-order valence-electron chi connectivity index (χ0n) is 11.1. The molecule has 1 amide bonds. The van der Waals surface area contributed by atoms with E-state index in [9.17, 15) is 4.79 Å². The molecule has 2 N–H and O–H groups in total. The average Bonchev–Trinajstić information content (AvgIpc) is 2.81. The summed E-state index contributed by atoms with van der Waals surface area (Å²) >= 11 is 0. The average molecular weight is 246 g/mol. The lowest BCUT2D eigenvalue weighted by atomic mass is 10.0. The molecule has 3 nitrogen and oxygen atoms in total. The lowest BCUT2D eigenvalue weighted by Crippen LogP contribution is -2.40. The highest BCUT2D eigenvalue weighted by Gasteiger charge is 2.29. The van der Waals surface area contributed by atoms with Crippen LogP contribution in [-0.2, 0) is 17.6 Å². The van der Waals surface area contributed by atoms with Crippen molar-refractivity contribution in [3.05, 3.63) is 35.4 Å². The number of benzene rings is 1. The van der Waals surface area contributed by atoms with Gasteiger partial charge >= 0.3 is 0 Å². The Morgan fingerprint density at radius 1 is 1.28 bits per heavy atom. The molecule has 0 saturated heterocycles. The summed E-state index contributed by atoms with van der Waals surface area (Å²) in [5, 5.41) is 0. The van der Waals surface area contributed by atoms with Crippen LogP contribution >= 0.6 is 0 Å². The Labute approximate surface area is 109 Å². The number of hydrogen-bond acceptors (Lipinski definition) is 2. The molecule has 0 spiro atoms. The third-order valence-electron chi connectivity index (χ3n) is 3.60. The van der Waals surface area contributed by atoms with Crippen LogP contribution in [0.1, 0.15) is 24.5 Å². The van der Waals surface area contributed by atoms with Crippen LogP contribution in [0.2, 0.25) is 0 Å². The van der Waals surface area contributed by atoms with Gasteiger partial charge < -0.3 is 10.6 Å². The van der Waals surface area contributed by atoms with Crippen molar-refractivity contribution in [1.82, 2.24) is 4.90 Å². The summed E-state index contributed by atoms with van der Waals surface area (Å²) in [6, 6.07) is 8.37. The van der Waals surface area contributed by atoms with E-state index < -0.39 is 0 Å². The van der Waals surface area contributed by atoms with E-state index in [0.29, 0.717) is 13.1 Å². The first kappa shape index (κ1) is 13.1. The first-order chi connectivity index (χ1) is 8.76. The standard InChI is InChI=1S/C15H22N2O/c1-2-8-17(9-7-16)15(18)14-10-12-5-3-4-6-13(12)11-14/h3-6,14H,2,7-11,16H2,1H3. The summed E-state index contributed by atoms with van der Waals surface area (Å²) in [5.41, 5.74) is 8.25. The van der Waals surface area contributed by atoms with E-state index in [-0.39, 0.29) is 11.8 Å². The smallest absolute Gasteiger partial charge is 0.226 e. The van der Waals surface area contributed by atoms with Crippen LogP contribution in [-0.4, -0.2) is 30.4 Å². The van der Waals surface area contributed by atoms with Crippen LogP contribution < -0.4 is 5.73 Å². The van der Waals surface area contributed by atoms with Crippen LogP contribution in [0.4, 0.5) is 0 Å². The van der Waals surface area contributed by atoms with Gasteiger partial charge in [0.1, 0.15) is 0 Å². The molecule has 3 heteroatoms. The predicted octanol–water partition coefficient (Wildman–Crippen LogP) is 1.60. The number of amides is 1. The van der Waals surface area contributed by atoms with Crippen molar-refractivity contribution in [2.75, 3.05) is 19.6 Å². The minimum absolute atomic E-state index is 0.125. The monoisotopic (exact) mass is 246 g/mol. The SMILES string of the molecule is CCCN(CCN)C(=O)C1Cc2ccccc2C1. The van der Waals surface area contributed by atoms with Crippen LogP contribution in [0.15, 0.2) is 24.3 Å². The Kier molecular flexibility index (Phi) is 4.37. The molecule has 18 heavy (non-hydrogen) atoms. The van der Waals surface area contributed by atoms with E-state index in [1.165, 1.54) is 11.1 Å². The summed E-state index contributed by atoms with van der Waals surface area (Å²) in [5.74, 6) is 0.402. The number of carbonyl (C=O) groups excluding carboxylic acids is 1. The van der Waals surface area contributed by atoms with Crippen molar-refractivity contribution in [1.29, 1.82) is 0 Å². The number of fused-ring (bicyclic) bond motifs is 1. The van der Waals surface area contributed by atoms with E-state index in [1.807, 2.05) is 4.90 Å². The summed E-state index contributed by atoms with van der Waals surface area (Å²) in [4.78, 5) is 14.4. The van der Waals surface area contributed by atoms with E-state index in [0.717, 1.165) is 25.8 Å². The fourth-order valence-electron chi connectivity index (χ4n) is 2.75. The van der Waals surface area contributed by atoms with Gasteiger partial charge in [-0.3, -0.25) is 4.79 Å². The van der Waals surface area contributed by atoms with Gasteiger partial charge in [-0.25, -0.2) is 0 Å². The number of nitrogens with zero attached hydrogens (tertiary/aromatic N) is 1. The maximum atomic E-state index is 12.5. The Morgan fingerprint density at radius 2 is 1.89 bits per heavy atom. The molecule has 0 saturated carbocycles. The molecule has 0 radical (unpaired) electrons. The predicted molar refractivity (Wildman–Crippen MR) is 73.3 cm³/mol. The van der Waals surface area contributed by atoms with Gasteiger partial charge in [0, 0.05) is 25.6 Å². The molecule has 98 valence electrons. The normalized spacial score (nSPS) is 14.6. The van der Waals surface area contributed by atoms with Gasteiger partial charge in [0.15, 0.2) is 0 Å². The molecule has 0 aliphatic heterocycles. The minimum Gasteiger partial charge on any atom is -0.341 e. The second-order valence-electron chi connectivity index (χ2n) is 4.99. The molecule has 0 atom stereocenters. The number of carbonyl (C=O) groups is 1. The minimum atomic E-state index is 0.125. The van der Waals surface area contributed by atoms with Crippen molar-refractivity contribution < 1.29 is 4.79 Å². The molecular formula is C15H22N2O. The fourth-order valence-corrected chi connectivity index (χ4v) is 2.75. The second kappa shape index (κ2) is 6.01. The number of nitrogens with two attached hydrogens (primary N) is 1. The Morgan fingerprint density at radius 3 is 2.39 bits per heavy atom. The summed E-state index contributed by atoms with van der Waals surface area (Å²) in [6.45, 7) is 4.15. The summed E-state index contributed by atoms with van der Waals surface area (Å²) < 4.78 is 0. The van der Waals surface area contributed by atoms with Crippen LogP contribution in [0.5, 0.6) is 0 Å². The summed E-state index contributed by atoms with van der Waals surface area (Å²) in [7, 11) is 0. The molecule has 1 aliphatic rings. The highest BCUT2D eigenvalue weighted by molar-refractivity contribution is 5.80. The van der Waals surface area contributed by atoms with Crippen molar-refractivity contribution in [2.45, 2.75) is 26.2 Å². The Bertz CT molecular complexity index is 386.